The van der Waals surface area contributed by atoms with Crippen molar-refractivity contribution in [2.24, 2.45) is 11.3 Å². The summed E-state index contributed by atoms with van der Waals surface area (Å²) in [6, 6.07) is 5.60. The van der Waals surface area contributed by atoms with E-state index in [1.807, 2.05) is 6.07 Å². The molecule has 6 nitrogen and oxygen atoms in total. The van der Waals surface area contributed by atoms with E-state index >= 15 is 0 Å². The van der Waals surface area contributed by atoms with Gasteiger partial charge in [-0.25, -0.2) is 13.5 Å². The first-order valence-corrected chi connectivity index (χ1v) is 12.6. The van der Waals surface area contributed by atoms with Crippen molar-refractivity contribution in [2.75, 3.05) is 20.1 Å². The summed E-state index contributed by atoms with van der Waals surface area (Å²) in [6.07, 6.45) is 3.56. The molecule has 3 atom stereocenters. The van der Waals surface area contributed by atoms with Gasteiger partial charge in [0, 0.05) is 25.6 Å². The summed E-state index contributed by atoms with van der Waals surface area (Å²) in [7, 11) is -2.07. The summed E-state index contributed by atoms with van der Waals surface area (Å²) in [4.78, 5) is 0. The van der Waals surface area contributed by atoms with Crippen LogP contribution < -0.4 is 4.72 Å². The molecule has 32 heavy (non-hydrogen) atoms. The summed E-state index contributed by atoms with van der Waals surface area (Å²) in [6.45, 7) is 5.39. The number of aromatic nitrogens is 2. The van der Waals surface area contributed by atoms with Crippen LogP contribution >= 0.6 is 0 Å². The zero-order valence-electron chi connectivity index (χ0n) is 18.5. The zero-order chi connectivity index (χ0) is 22.9. The van der Waals surface area contributed by atoms with Gasteiger partial charge in [0.25, 0.3) is 10.2 Å². The molecule has 3 aliphatic rings. The predicted octanol–water partition coefficient (Wildman–Crippen LogP) is 3.75. The molecule has 2 fully saturated rings. The van der Waals surface area contributed by atoms with Crippen molar-refractivity contribution in [1.82, 2.24) is 19.2 Å². The van der Waals surface area contributed by atoms with E-state index < -0.39 is 21.8 Å². The van der Waals surface area contributed by atoms with E-state index in [9.17, 15) is 17.2 Å². The topological polar surface area (TPSA) is 75.2 Å². The molecular weight excluding hydrogens is 434 g/mol. The average Bonchev–Trinajstić information content (AvgIpc) is 3.15. The molecule has 172 valence electrons. The largest absolute Gasteiger partial charge is 0.279 e. The number of fused-ring (bicyclic) bond motifs is 5. The maximum absolute atomic E-state index is 14.4. The number of rotatable bonds is 4. The first-order chi connectivity index (χ1) is 15.1. The van der Waals surface area contributed by atoms with E-state index in [4.69, 9.17) is 0 Å². The minimum Gasteiger partial charge on any atom is -0.206 e. The molecule has 1 N–H and O–H groups in total. The monoisotopic (exact) mass is 462 g/mol. The van der Waals surface area contributed by atoms with E-state index in [2.05, 4.69) is 28.8 Å². The maximum Gasteiger partial charge on any atom is 0.279 e. The maximum atomic E-state index is 14.4. The number of hydrogen-bond acceptors (Lipinski definition) is 4. The van der Waals surface area contributed by atoms with Crippen LogP contribution in [0.1, 0.15) is 56.7 Å². The third kappa shape index (κ3) is 2.83. The number of piperidine rings is 1. The lowest BCUT2D eigenvalue weighted by atomic mass is 9.59. The number of hydrogen-bond donors (Lipinski definition) is 1. The lowest BCUT2D eigenvalue weighted by Crippen LogP contribution is -2.53. The molecule has 1 unspecified atom stereocenters. The van der Waals surface area contributed by atoms with Gasteiger partial charge in [0.1, 0.15) is 11.6 Å². The Morgan fingerprint density at radius 3 is 2.56 bits per heavy atom. The van der Waals surface area contributed by atoms with Crippen LogP contribution in [0.2, 0.25) is 0 Å². The summed E-state index contributed by atoms with van der Waals surface area (Å²) < 4.78 is 57.8. The van der Waals surface area contributed by atoms with Crippen molar-refractivity contribution in [3.8, 4) is 11.3 Å². The van der Waals surface area contributed by atoms with Gasteiger partial charge >= 0.3 is 0 Å². The highest BCUT2D eigenvalue weighted by molar-refractivity contribution is 7.87. The lowest BCUT2D eigenvalue weighted by molar-refractivity contribution is 0.0828. The number of benzene rings is 1. The van der Waals surface area contributed by atoms with Gasteiger partial charge in [-0.1, -0.05) is 19.9 Å². The van der Waals surface area contributed by atoms with Crippen LogP contribution in [0.15, 0.2) is 24.3 Å². The quantitative estimate of drug-likeness (QED) is 0.751. The van der Waals surface area contributed by atoms with Gasteiger partial charge < -0.3 is 0 Å². The Kier molecular flexibility index (Phi) is 4.96. The van der Waals surface area contributed by atoms with Crippen molar-refractivity contribution in [2.45, 2.75) is 50.9 Å². The molecule has 2 aromatic rings. The van der Waals surface area contributed by atoms with Crippen LogP contribution in [0, 0.1) is 23.0 Å². The van der Waals surface area contributed by atoms with E-state index in [-0.39, 0.29) is 33.9 Å². The van der Waals surface area contributed by atoms with Crippen molar-refractivity contribution in [3.05, 3.63) is 47.2 Å². The second-order valence-electron chi connectivity index (χ2n) is 9.82. The normalized spacial score (nSPS) is 29.3. The molecule has 1 aromatic heterocycles. The highest BCUT2D eigenvalue weighted by Gasteiger charge is 2.66. The third-order valence-corrected chi connectivity index (χ3v) is 9.89. The molecule has 1 saturated carbocycles. The Morgan fingerprint density at radius 1 is 1.16 bits per heavy atom. The third-order valence-electron chi connectivity index (χ3n) is 8.37. The Morgan fingerprint density at radius 2 is 1.88 bits per heavy atom. The van der Waals surface area contributed by atoms with Gasteiger partial charge in [0.15, 0.2) is 0 Å². The zero-order valence-corrected chi connectivity index (χ0v) is 19.3. The van der Waals surface area contributed by atoms with Gasteiger partial charge in [-0.05, 0) is 66.7 Å². The lowest BCUT2D eigenvalue weighted by Gasteiger charge is -2.47. The fourth-order valence-corrected chi connectivity index (χ4v) is 7.84. The molecular formula is C23H28F2N4O2S. The number of nitrogens with one attached hydrogen (secondary N) is 1. The molecule has 2 heterocycles. The molecule has 2 aliphatic carbocycles. The van der Waals surface area contributed by atoms with Crippen molar-refractivity contribution in [3.63, 3.8) is 0 Å². The fraction of sp³-hybridized carbons (Fsp3) is 0.565. The van der Waals surface area contributed by atoms with E-state index in [0.29, 0.717) is 13.1 Å². The minimum absolute atomic E-state index is 0.103. The van der Waals surface area contributed by atoms with Gasteiger partial charge in [-0.3, -0.25) is 0 Å². The average molecular weight is 463 g/mol. The standard InChI is InChI=1S/C23H28F2N4O2S/c1-22(2)16-9-10-23(22,14-6-5-11-29(13-14)32(30,31)26-3)21-15(16)12-19(27-28-21)20-17(24)7-4-8-18(20)25/h4,7-8,12,14,16,26H,5-6,9-11,13H2,1-3H3/t14-,16-,23?/m0/s1. The Bertz CT molecular complexity index is 1170. The predicted molar refractivity (Wildman–Crippen MR) is 117 cm³/mol. The van der Waals surface area contributed by atoms with Crippen LogP contribution in [-0.4, -0.2) is 43.1 Å². The molecule has 1 aliphatic heterocycles. The second-order valence-corrected chi connectivity index (χ2v) is 11.7. The van der Waals surface area contributed by atoms with Gasteiger partial charge in [-0.15, -0.1) is 0 Å². The Balaban J connectivity index is 1.60. The summed E-state index contributed by atoms with van der Waals surface area (Å²) in [5, 5.41) is 8.86. The van der Waals surface area contributed by atoms with Crippen molar-refractivity contribution < 1.29 is 17.2 Å². The number of halogens is 2. The second kappa shape index (κ2) is 7.27. The summed E-state index contributed by atoms with van der Waals surface area (Å²) in [5.41, 5.74) is 1.47. The van der Waals surface area contributed by atoms with Crippen LogP contribution in [0.25, 0.3) is 11.3 Å². The molecule has 2 bridgehead atoms. The van der Waals surface area contributed by atoms with E-state index in [1.54, 1.807) is 0 Å². The first-order valence-electron chi connectivity index (χ1n) is 11.1. The molecule has 0 spiro atoms. The summed E-state index contributed by atoms with van der Waals surface area (Å²) in [5.74, 6) is -1.02. The SMILES string of the molecule is CNS(=O)(=O)N1CCC[C@H](C23CC[C@@H](c4cc(-c5c(F)cccc5F)nnc42)C3(C)C)C1. The molecule has 5 rings (SSSR count). The number of nitrogens with zero attached hydrogens (tertiary/aromatic N) is 3. The highest BCUT2D eigenvalue weighted by Crippen LogP contribution is 2.70. The van der Waals surface area contributed by atoms with Crippen LogP contribution in [-0.2, 0) is 15.6 Å². The molecule has 1 aromatic carbocycles. The van der Waals surface area contributed by atoms with Gasteiger partial charge in [0.2, 0.25) is 0 Å². The summed E-state index contributed by atoms with van der Waals surface area (Å²) >= 11 is 0. The van der Waals surface area contributed by atoms with E-state index in [0.717, 1.165) is 36.9 Å². The van der Waals surface area contributed by atoms with Crippen LogP contribution in [0.5, 0.6) is 0 Å². The van der Waals surface area contributed by atoms with Crippen LogP contribution in [0.4, 0.5) is 8.78 Å². The Labute approximate surface area is 187 Å². The van der Waals surface area contributed by atoms with Crippen molar-refractivity contribution in [1.29, 1.82) is 0 Å². The highest BCUT2D eigenvalue weighted by atomic mass is 32.2. The van der Waals surface area contributed by atoms with Gasteiger partial charge in [0.05, 0.1) is 17.0 Å². The fourth-order valence-electron chi connectivity index (χ4n) is 6.83. The van der Waals surface area contributed by atoms with E-state index in [1.165, 1.54) is 29.6 Å². The molecule has 9 heteroatoms. The van der Waals surface area contributed by atoms with Crippen molar-refractivity contribution >= 4 is 10.2 Å². The molecule has 0 radical (unpaired) electrons. The first kappa shape index (κ1) is 21.9. The Hall–Kier alpha value is -1.97. The van der Waals surface area contributed by atoms with Crippen LogP contribution in [0.3, 0.4) is 0 Å². The molecule has 1 saturated heterocycles. The smallest absolute Gasteiger partial charge is 0.206 e. The molecule has 0 amide bonds. The van der Waals surface area contributed by atoms with Gasteiger partial charge in [-0.2, -0.15) is 22.9 Å². The minimum atomic E-state index is -3.51.